The molecule has 1 aromatic rings. The Balaban J connectivity index is 2.03. The minimum Gasteiger partial charge on any atom is -0.326 e. The summed E-state index contributed by atoms with van der Waals surface area (Å²) in [6, 6.07) is 5.18. The third-order valence-electron chi connectivity index (χ3n) is 3.40. The second-order valence-electron chi connectivity index (χ2n) is 4.90. The molecule has 1 aromatic carbocycles. The molecule has 0 atom stereocenters. The van der Waals surface area contributed by atoms with Crippen LogP contribution in [0.1, 0.15) is 30.9 Å². The van der Waals surface area contributed by atoms with Gasteiger partial charge in [0.15, 0.2) is 0 Å². The van der Waals surface area contributed by atoms with E-state index in [-0.39, 0.29) is 5.82 Å². The summed E-state index contributed by atoms with van der Waals surface area (Å²) in [7, 11) is 0. The lowest BCUT2D eigenvalue weighted by molar-refractivity contribution is 0.264. The number of hydrogen-bond acceptors (Lipinski definition) is 2. The van der Waals surface area contributed by atoms with Crippen molar-refractivity contribution in [1.29, 1.82) is 0 Å². The highest BCUT2D eigenvalue weighted by Gasteiger charge is 2.24. The Kier molecular flexibility index (Phi) is 4.13. The number of rotatable bonds is 6. The van der Waals surface area contributed by atoms with Gasteiger partial charge in [0, 0.05) is 25.2 Å². The summed E-state index contributed by atoms with van der Waals surface area (Å²) in [5, 5.41) is 0. The summed E-state index contributed by atoms with van der Waals surface area (Å²) in [6.07, 6.45) is 2.67. The molecule has 1 fully saturated rings. The maximum atomic E-state index is 13.7. The Bertz CT molecular complexity index is 374. The van der Waals surface area contributed by atoms with Gasteiger partial charge in [-0.05, 0) is 36.9 Å². The van der Waals surface area contributed by atoms with Crippen LogP contribution in [-0.2, 0) is 13.1 Å². The van der Waals surface area contributed by atoms with Gasteiger partial charge in [0.1, 0.15) is 5.82 Å². The second kappa shape index (κ2) is 5.61. The van der Waals surface area contributed by atoms with E-state index in [4.69, 9.17) is 5.73 Å². The average Bonchev–Trinajstić information content (AvgIpc) is 3.14. The van der Waals surface area contributed by atoms with Crippen LogP contribution in [0.25, 0.3) is 0 Å². The lowest BCUT2D eigenvalue weighted by Gasteiger charge is -2.20. The van der Waals surface area contributed by atoms with Crippen LogP contribution in [0.15, 0.2) is 18.2 Å². The van der Waals surface area contributed by atoms with E-state index in [0.29, 0.717) is 13.1 Å². The van der Waals surface area contributed by atoms with Crippen LogP contribution >= 0.6 is 0 Å². The van der Waals surface area contributed by atoms with E-state index >= 15 is 0 Å². The van der Waals surface area contributed by atoms with Crippen LogP contribution in [0.5, 0.6) is 0 Å². The van der Waals surface area contributed by atoms with Crippen LogP contribution < -0.4 is 5.73 Å². The first-order valence-electron chi connectivity index (χ1n) is 6.42. The highest BCUT2D eigenvalue weighted by molar-refractivity contribution is 5.25. The quantitative estimate of drug-likeness (QED) is 0.822. The fourth-order valence-corrected chi connectivity index (χ4v) is 2.09. The normalized spacial score (nSPS) is 15.5. The lowest BCUT2D eigenvalue weighted by atomic mass is 10.1. The van der Waals surface area contributed by atoms with Crippen LogP contribution in [0.3, 0.4) is 0 Å². The molecule has 0 unspecified atom stereocenters. The molecule has 0 radical (unpaired) electrons. The highest BCUT2D eigenvalue weighted by Crippen LogP contribution is 2.30. The molecule has 0 amide bonds. The van der Waals surface area contributed by atoms with Crippen molar-refractivity contribution in [1.82, 2.24) is 4.90 Å². The van der Waals surface area contributed by atoms with Gasteiger partial charge in [-0.3, -0.25) is 4.90 Å². The molecular formula is C14H21FN2. The minimum atomic E-state index is -0.114. The summed E-state index contributed by atoms with van der Waals surface area (Å²) in [6.45, 7) is 5.38. The van der Waals surface area contributed by atoms with Gasteiger partial charge in [0.25, 0.3) is 0 Å². The van der Waals surface area contributed by atoms with Crippen molar-refractivity contribution < 1.29 is 4.39 Å². The molecule has 94 valence electrons. The monoisotopic (exact) mass is 236 g/mol. The first-order valence-corrected chi connectivity index (χ1v) is 6.42. The molecule has 2 rings (SSSR count). The summed E-state index contributed by atoms with van der Waals surface area (Å²) in [5.41, 5.74) is 7.36. The zero-order chi connectivity index (χ0) is 12.3. The lowest BCUT2D eigenvalue weighted by Crippen LogP contribution is -2.25. The number of nitrogens with zero attached hydrogens (tertiary/aromatic N) is 1. The predicted molar refractivity (Wildman–Crippen MR) is 68.0 cm³/mol. The van der Waals surface area contributed by atoms with E-state index in [2.05, 4.69) is 11.8 Å². The maximum Gasteiger partial charge on any atom is 0.127 e. The maximum absolute atomic E-state index is 13.7. The molecule has 17 heavy (non-hydrogen) atoms. The molecule has 2 N–H and O–H groups in total. The van der Waals surface area contributed by atoms with E-state index in [1.54, 1.807) is 6.07 Å². The van der Waals surface area contributed by atoms with Crippen LogP contribution in [0, 0.1) is 11.7 Å². The van der Waals surface area contributed by atoms with Gasteiger partial charge in [0.2, 0.25) is 0 Å². The topological polar surface area (TPSA) is 29.3 Å². The number of hydrogen-bond donors (Lipinski definition) is 1. The van der Waals surface area contributed by atoms with Crippen molar-refractivity contribution in [2.75, 3.05) is 13.1 Å². The molecule has 1 saturated carbocycles. The zero-order valence-electron chi connectivity index (χ0n) is 10.5. The van der Waals surface area contributed by atoms with Crippen LogP contribution in [-0.4, -0.2) is 18.0 Å². The molecule has 3 heteroatoms. The van der Waals surface area contributed by atoms with E-state index < -0.39 is 0 Å². The third-order valence-corrected chi connectivity index (χ3v) is 3.40. The van der Waals surface area contributed by atoms with Gasteiger partial charge in [0.05, 0.1) is 0 Å². The Morgan fingerprint density at radius 2 is 2.18 bits per heavy atom. The molecular weight excluding hydrogens is 215 g/mol. The van der Waals surface area contributed by atoms with E-state index in [9.17, 15) is 4.39 Å². The molecule has 1 aliphatic carbocycles. The third kappa shape index (κ3) is 3.51. The summed E-state index contributed by atoms with van der Waals surface area (Å²) >= 11 is 0. The van der Waals surface area contributed by atoms with Gasteiger partial charge < -0.3 is 5.73 Å². The summed E-state index contributed by atoms with van der Waals surface area (Å²) in [5.74, 6) is 0.729. The van der Waals surface area contributed by atoms with Crippen LogP contribution in [0.4, 0.5) is 4.39 Å². The van der Waals surface area contributed by atoms with Crippen molar-refractivity contribution in [2.24, 2.45) is 11.7 Å². The second-order valence-corrected chi connectivity index (χ2v) is 4.90. The summed E-state index contributed by atoms with van der Waals surface area (Å²) in [4.78, 5) is 2.32. The first kappa shape index (κ1) is 12.5. The summed E-state index contributed by atoms with van der Waals surface area (Å²) < 4.78 is 13.7. The first-order chi connectivity index (χ1) is 8.22. The molecule has 0 bridgehead atoms. The molecule has 2 nitrogen and oxygen atoms in total. The van der Waals surface area contributed by atoms with Crippen molar-refractivity contribution >= 4 is 0 Å². The Morgan fingerprint density at radius 3 is 2.76 bits per heavy atom. The van der Waals surface area contributed by atoms with Gasteiger partial charge in [-0.1, -0.05) is 19.1 Å². The SMILES string of the molecule is CCN(Cc1cc(CN)ccc1F)CC1CC1. The van der Waals surface area contributed by atoms with Gasteiger partial charge in [-0.2, -0.15) is 0 Å². The average molecular weight is 236 g/mol. The van der Waals surface area contributed by atoms with Gasteiger partial charge in [-0.25, -0.2) is 4.39 Å². The highest BCUT2D eigenvalue weighted by atomic mass is 19.1. The number of nitrogens with two attached hydrogens (primary N) is 1. The van der Waals surface area contributed by atoms with Crippen molar-refractivity contribution in [3.8, 4) is 0 Å². The van der Waals surface area contributed by atoms with E-state index in [0.717, 1.165) is 30.1 Å². The van der Waals surface area contributed by atoms with Gasteiger partial charge >= 0.3 is 0 Å². The van der Waals surface area contributed by atoms with Crippen molar-refractivity contribution in [3.05, 3.63) is 35.1 Å². The molecule has 1 aliphatic rings. The fourth-order valence-electron chi connectivity index (χ4n) is 2.09. The van der Waals surface area contributed by atoms with Crippen molar-refractivity contribution in [2.45, 2.75) is 32.9 Å². The van der Waals surface area contributed by atoms with Gasteiger partial charge in [-0.15, -0.1) is 0 Å². The standard InChI is InChI=1S/C14H21FN2/c1-2-17(9-11-3-4-11)10-13-7-12(8-16)5-6-14(13)15/h5-7,11H,2-4,8-10,16H2,1H3. The molecule has 0 heterocycles. The zero-order valence-corrected chi connectivity index (χ0v) is 10.5. The Hall–Kier alpha value is -0.930. The van der Waals surface area contributed by atoms with Crippen LogP contribution in [0.2, 0.25) is 0 Å². The van der Waals surface area contributed by atoms with E-state index in [1.165, 1.54) is 18.9 Å². The molecule has 0 aromatic heterocycles. The Labute approximate surface area is 103 Å². The molecule has 0 aliphatic heterocycles. The molecule has 0 spiro atoms. The Morgan fingerprint density at radius 1 is 1.41 bits per heavy atom. The number of halogens is 1. The van der Waals surface area contributed by atoms with E-state index in [1.807, 2.05) is 6.07 Å². The minimum absolute atomic E-state index is 0.114. The fraction of sp³-hybridized carbons (Fsp3) is 0.571. The van der Waals surface area contributed by atoms with Crippen molar-refractivity contribution in [3.63, 3.8) is 0 Å². The molecule has 0 saturated heterocycles. The largest absolute Gasteiger partial charge is 0.326 e. The predicted octanol–water partition coefficient (Wildman–Crippen LogP) is 2.52. The number of benzene rings is 1. The smallest absolute Gasteiger partial charge is 0.127 e.